The molecule has 0 bridgehead atoms. The first-order chi connectivity index (χ1) is 7.70. The Morgan fingerprint density at radius 3 is 3.00 bits per heavy atom. The molecule has 2 N–H and O–H groups in total. The summed E-state index contributed by atoms with van der Waals surface area (Å²) in [6, 6.07) is 0. The number of nitrogens with one attached hydrogen (secondary N) is 2. The van der Waals surface area contributed by atoms with Crippen molar-refractivity contribution in [2.75, 3.05) is 32.8 Å². The van der Waals surface area contributed by atoms with Crippen molar-refractivity contribution in [3.8, 4) is 0 Å². The van der Waals surface area contributed by atoms with E-state index in [2.05, 4.69) is 24.5 Å². The van der Waals surface area contributed by atoms with Crippen LogP contribution in [-0.4, -0.2) is 38.8 Å². The first kappa shape index (κ1) is 13.5. The van der Waals surface area contributed by atoms with E-state index in [0.717, 1.165) is 32.5 Å². The predicted octanol–water partition coefficient (Wildman–Crippen LogP) is 0.775. The molecule has 4 heteroatoms. The van der Waals surface area contributed by atoms with Crippen LogP contribution < -0.4 is 10.6 Å². The zero-order valence-electron chi connectivity index (χ0n) is 10.4. The molecule has 0 aromatic carbocycles. The number of carbonyl (C=O) groups is 1. The Hall–Kier alpha value is -0.610. The number of carbonyl (C=O) groups excluding carboxylic acids is 1. The van der Waals surface area contributed by atoms with Crippen molar-refractivity contribution in [2.24, 2.45) is 11.8 Å². The highest BCUT2D eigenvalue weighted by Gasteiger charge is 2.19. The van der Waals surface area contributed by atoms with E-state index in [0.29, 0.717) is 19.1 Å². The van der Waals surface area contributed by atoms with E-state index in [1.807, 2.05) is 0 Å². The second-order valence-electron chi connectivity index (χ2n) is 4.80. The van der Waals surface area contributed by atoms with E-state index in [1.165, 1.54) is 0 Å². The molecule has 16 heavy (non-hydrogen) atoms. The second kappa shape index (κ2) is 7.63. The summed E-state index contributed by atoms with van der Waals surface area (Å²) >= 11 is 0. The summed E-state index contributed by atoms with van der Waals surface area (Å²) in [5.41, 5.74) is 0. The maximum atomic E-state index is 11.7. The quantitative estimate of drug-likeness (QED) is 0.660. The highest BCUT2D eigenvalue weighted by molar-refractivity contribution is 5.78. The number of rotatable bonds is 6. The Morgan fingerprint density at radius 1 is 1.56 bits per heavy atom. The van der Waals surface area contributed by atoms with E-state index in [-0.39, 0.29) is 11.8 Å². The van der Waals surface area contributed by atoms with Gasteiger partial charge in [0.2, 0.25) is 5.91 Å². The zero-order valence-corrected chi connectivity index (χ0v) is 10.4. The monoisotopic (exact) mass is 228 g/mol. The second-order valence-corrected chi connectivity index (χ2v) is 4.80. The Kier molecular flexibility index (Phi) is 6.42. The fraction of sp³-hybridized carbons (Fsp3) is 0.917. The number of piperidine rings is 1. The smallest absolute Gasteiger partial charge is 0.224 e. The number of amides is 1. The van der Waals surface area contributed by atoms with Crippen LogP contribution in [0.4, 0.5) is 0 Å². The van der Waals surface area contributed by atoms with Gasteiger partial charge in [0.25, 0.3) is 0 Å². The maximum Gasteiger partial charge on any atom is 0.224 e. The Labute approximate surface area is 98.1 Å². The molecular formula is C12H24N2O2. The largest absolute Gasteiger partial charge is 0.379 e. The van der Waals surface area contributed by atoms with Gasteiger partial charge in [0.15, 0.2) is 0 Å². The van der Waals surface area contributed by atoms with Gasteiger partial charge in [-0.1, -0.05) is 13.8 Å². The fourth-order valence-corrected chi connectivity index (χ4v) is 1.79. The Bertz CT molecular complexity index is 201. The number of ether oxygens (including phenoxy) is 1. The molecule has 1 aliphatic rings. The van der Waals surface area contributed by atoms with Gasteiger partial charge in [-0.05, 0) is 25.3 Å². The summed E-state index contributed by atoms with van der Waals surface area (Å²) in [6.07, 6.45) is 2.10. The van der Waals surface area contributed by atoms with Gasteiger partial charge >= 0.3 is 0 Å². The summed E-state index contributed by atoms with van der Waals surface area (Å²) in [5.74, 6) is 0.873. The molecule has 0 saturated carbocycles. The van der Waals surface area contributed by atoms with E-state index >= 15 is 0 Å². The van der Waals surface area contributed by atoms with Crippen LogP contribution in [0.5, 0.6) is 0 Å². The van der Waals surface area contributed by atoms with Gasteiger partial charge in [0.05, 0.1) is 12.5 Å². The van der Waals surface area contributed by atoms with Crippen molar-refractivity contribution < 1.29 is 9.53 Å². The fourth-order valence-electron chi connectivity index (χ4n) is 1.79. The molecular weight excluding hydrogens is 204 g/mol. The predicted molar refractivity (Wildman–Crippen MR) is 64.3 cm³/mol. The molecule has 1 rings (SSSR count). The SMILES string of the molecule is CC(C)COCCNC(=O)C1CCCNC1. The van der Waals surface area contributed by atoms with E-state index in [4.69, 9.17) is 4.74 Å². The van der Waals surface area contributed by atoms with E-state index < -0.39 is 0 Å². The summed E-state index contributed by atoms with van der Waals surface area (Å²) < 4.78 is 5.40. The molecule has 1 aliphatic heterocycles. The normalized spacial score (nSPS) is 21.1. The van der Waals surface area contributed by atoms with Crippen LogP contribution in [0.25, 0.3) is 0 Å². The van der Waals surface area contributed by atoms with Crippen molar-refractivity contribution >= 4 is 5.91 Å². The molecule has 0 radical (unpaired) electrons. The van der Waals surface area contributed by atoms with Gasteiger partial charge in [-0.15, -0.1) is 0 Å². The minimum Gasteiger partial charge on any atom is -0.379 e. The molecule has 94 valence electrons. The van der Waals surface area contributed by atoms with Crippen LogP contribution in [0.1, 0.15) is 26.7 Å². The molecule has 0 aromatic rings. The molecule has 0 aliphatic carbocycles. The third kappa shape index (κ3) is 5.47. The van der Waals surface area contributed by atoms with Crippen LogP contribution in [-0.2, 0) is 9.53 Å². The summed E-state index contributed by atoms with van der Waals surface area (Å²) in [6.45, 7) is 8.10. The minimum absolute atomic E-state index is 0.152. The van der Waals surface area contributed by atoms with Crippen LogP contribution in [0.2, 0.25) is 0 Å². The Morgan fingerprint density at radius 2 is 2.38 bits per heavy atom. The van der Waals surface area contributed by atoms with Crippen LogP contribution in [0.15, 0.2) is 0 Å². The van der Waals surface area contributed by atoms with Gasteiger partial charge < -0.3 is 15.4 Å². The lowest BCUT2D eigenvalue weighted by Gasteiger charge is -2.21. The number of hydrogen-bond acceptors (Lipinski definition) is 3. The van der Waals surface area contributed by atoms with E-state index in [1.54, 1.807) is 0 Å². The van der Waals surface area contributed by atoms with Gasteiger partial charge in [-0.25, -0.2) is 0 Å². The van der Waals surface area contributed by atoms with E-state index in [9.17, 15) is 4.79 Å². The molecule has 1 atom stereocenters. The maximum absolute atomic E-state index is 11.7. The molecule has 1 heterocycles. The summed E-state index contributed by atoms with van der Waals surface area (Å²) in [4.78, 5) is 11.7. The van der Waals surface area contributed by atoms with Crippen molar-refractivity contribution in [3.63, 3.8) is 0 Å². The average molecular weight is 228 g/mol. The lowest BCUT2D eigenvalue weighted by molar-refractivity contribution is -0.125. The Balaban J connectivity index is 2.01. The van der Waals surface area contributed by atoms with Crippen LogP contribution in [0.3, 0.4) is 0 Å². The lowest BCUT2D eigenvalue weighted by atomic mass is 9.99. The lowest BCUT2D eigenvalue weighted by Crippen LogP contribution is -2.41. The van der Waals surface area contributed by atoms with Gasteiger partial charge in [0, 0.05) is 19.7 Å². The number of hydrogen-bond donors (Lipinski definition) is 2. The first-order valence-corrected chi connectivity index (χ1v) is 6.26. The third-order valence-corrected chi connectivity index (χ3v) is 2.66. The molecule has 1 fully saturated rings. The highest BCUT2D eigenvalue weighted by atomic mass is 16.5. The molecule has 0 aromatic heterocycles. The molecule has 1 saturated heterocycles. The highest BCUT2D eigenvalue weighted by Crippen LogP contribution is 2.09. The zero-order chi connectivity index (χ0) is 11.8. The first-order valence-electron chi connectivity index (χ1n) is 6.26. The van der Waals surface area contributed by atoms with Crippen molar-refractivity contribution in [1.82, 2.24) is 10.6 Å². The molecule has 1 amide bonds. The van der Waals surface area contributed by atoms with Gasteiger partial charge in [-0.3, -0.25) is 4.79 Å². The standard InChI is InChI=1S/C12H24N2O2/c1-10(2)9-16-7-6-14-12(15)11-4-3-5-13-8-11/h10-11,13H,3-9H2,1-2H3,(H,14,15). The summed E-state index contributed by atoms with van der Waals surface area (Å²) in [7, 11) is 0. The van der Waals surface area contributed by atoms with Crippen molar-refractivity contribution in [3.05, 3.63) is 0 Å². The molecule has 4 nitrogen and oxygen atoms in total. The van der Waals surface area contributed by atoms with Crippen LogP contribution >= 0.6 is 0 Å². The van der Waals surface area contributed by atoms with Crippen molar-refractivity contribution in [1.29, 1.82) is 0 Å². The van der Waals surface area contributed by atoms with Crippen molar-refractivity contribution in [2.45, 2.75) is 26.7 Å². The third-order valence-electron chi connectivity index (χ3n) is 2.66. The minimum atomic E-state index is 0.152. The van der Waals surface area contributed by atoms with Gasteiger partial charge in [0.1, 0.15) is 0 Å². The van der Waals surface area contributed by atoms with Gasteiger partial charge in [-0.2, -0.15) is 0 Å². The average Bonchev–Trinajstić information content (AvgIpc) is 2.29. The molecule has 1 unspecified atom stereocenters. The topological polar surface area (TPSA) is 50.4 Å². The molecule has 0 spiro atoms. The van der Waals surface area contributed by atoms with Crippen LogP contribution in [0, 0.1) is 11.8 Å². The summed E-state index contributed by atoms with van der Waals surface area (Å²) in [5, 5.41) is 6.16.